The molecular weight excluding hydrogens is 517 g/mol. The summed E-state index contributed by atoms with van der Waals surface area (Å²) in [7, 11) is 1.31. The summed E-state index contributed by atoms with van der Waals surface area (Å²) in [6, 6.07) is 6.31. The molecule has 3 aliphatic rings. The minimum absolute atomic E-state index is 0.0513. The molecule has 3 atom stereocenters. The van der Waals surface area contributed by atoms with Gasteiger partial charge in [0.1, 0.15) is 17.2 Å². The van der Waals surface area contributed by atoms with Gasteiger partial charge in [0.15, 0.2) is 0 Å². The second-order valence-electron chi connectivity index (χ2n) is 10.2. The van der Waals surface area contributed by atoms with Gasteiger partial charge in [-0.1, -0.05) is 17.3 Å². The number of anilines is 1. The number of halogens is 3. The van der Waals surface area contributed by atoms with Gasteiger partial charge < -0.3 is 23.6 Å². The number of piperidine rings is 1. The van der Waals surface area contributed by atoms with Crippen molar-refractivity contribution >= 4 is 11.9 Å². The smallest absolute Gasteiger partial charge is 0.465 e. The predicted molar refractivity (Wildman–Crippen MR) is 131 cm³/mol. The fraction of sp³-hybridized carbons (Fsp3) is 0.481. The van der Waals surface area contributed by atoms with Crippen LogP contribution >= 0.6 is 0 Å². The summed E-state index contributed by atoms with van der Waals surface area (Å²) in [5.74, 6) is 0.636. The summed E-state index contributed by atoms with van der Waals surface area (Å²) < 4.78 is 60.2. The number of alkyl halides is 3. The molecule has 1 aromatic carbocycles. The number of ether oxygens (including phenoxy) is 3. The van der Waals surface area contributed by atoms with Gasteiger partial charge in [0.25, 0.3) is 0 Å². The molecule has 2 saturated heterocycles. The first-order chi connectivity index (χ1) is 18.8. The van der Waals surface area contributed by atoms with Crippen molar-refractivity contribution in [3.05, 3.63) is 53.5 Å². The third kappa shape index (κ3) is 5.29. The van der Waals surface area contributed by atoms with Crippen LogP contribution in [0, 0.1) is 0 Å². The highest BCUT2D eigenvalue weighted by Gasteiger charge is 2.43. The fourth-order valence-electron chi connectivity index (χ4n) is 5.68. The first kappa shape index (κ1) is 25.6. The van der Waals surface area contributed by atoms with Crippen LogP contribution in [0.2, 0.25) is 0 Å². The van der Waals surface area contributed by atoms with Crippen molar-refractivity contribution in [2.24, 2.45) is 0 Å². The fourth-order valence-corrected chi connectivity index (χ4v) is 5.68. The average Bonchev–Trinajstić information content (AvgIpc) is 3.62. The van der Waals surface area contributed by atoms with Crippen LogP contribution in [0.25, 0.3) is 11.3 Å². The second kappa shape index (κ2) is 10.1. The molecule has 0 amide bonds. The van der Waals surface area contributed by atoms with E-state index in [2.05, 4.69) is 24.8 Å². The Morgan fingerprint density at radius 3 is 2.41 bits per heavy atom. The van der Waals surface area contributed by atoms with Gasteiger partial charge in [0.05, 0.1) is 25.4 Å². The second-order valence-corrected chi connectivity index (χ2v) is 10.2. The molecule has 3 aromatic rings. The molecule has 2 aliphatic heterocycles. The zero-order valence-corrected chi connectivity index (χ0v) is 21.2. The number of para-hydroxylation sites is 1. The number of nitrogens with zero attached hydrogens (tertiary/aromatic N) is 4. The van der Waals surface area contributed by atoms with Crippen molar-refractivity contribution in [3.8, 4) is 17.0 Å². The van der Waals surface area contributed by atoms with Crippen molar-refractivity contribution in [2.45, 2.75) is 75.6 Å². The van der Waals surface area contributed by atoms with Crippen molar-refractivity contribution < 1.29 is 36.7 Å². The summed E-state index contributed by atoms with van der Waals surface area (Å²) in [6.07, 6.45) is 3.42. The molecule has 0 unspecified atom stereocenters. The topological polar surface area (TPSA) is 99.8 Å². The Bertz CT molecular complexity index is 1330. The van der Waals surface area contributed by atoms with E-state index in [1.165, 1.54) is 31.6 Å². The van der Waals surface area contributed by atoms with Crippen molar-refractivity contribution in [2.75, 3.05) is 12.0 Å². The number of aromatic nitrogens is 3. The van der Waals surface area contributed by atoms with E-state index >= 15 is 0 Å². The van der Waals surface area contributed by atoms with Crippen LogP contribution in [-0.2, 0) is 16.1 Å². The number of carbonyl (C=O) groups excluding carboxylic acids is 1. The first-order valence-electron chi connectivity index (χ1n) is 12.9. The lowest BCUT2D eigenvalue weighted by molar-refractivity contribution is -0.274. The van der Waals surface area contributed by atoms with Gasteiger partial charge in [-0.15, -0.1) is 13.2 Å². The first-order valence-corrected chi connectivity index (χ1v) is 12.9. The van der Waals surface area contributed by atoms with Crippen LogP contribution in [0.4, 0.5) is 19.1 Å². The molecule has 0 N–H and O–H groups in total. The van der Waals surface area contributed by atoms with Gasteiger partial charge >= 0.3 is 12.3 Å². The normalized spacial score (nSPS) is 22.7. The van der Waals surface area contributed by atoms with E-state index in [1.807, 2.05) is 0 Å². The van der Waals surface area contributed by atoms with Crippen LogP contribution in [0.1, 0.15) is 66.1 Å². The van der Waals surface area contributed by atoms with Crippen LogP contribution in [-0.4, -0.2) is 52.8 Å². The molecule has 39 heavy (non-hydrogen) atoms. The van der Waals surface area contributed by atoms with Gasteiger partial charge in [0, 0.05) is 41.5 Å². The van der Waals surface area contributed by atoms with E-state index < -0.39 is 12.3 Å². The highest BCUT2D eigenvalue weighted by Crippen LogP contribution is 2.46. The maximum absolute atomic E-state index is 13.1. The molecule has 2 aromatic heterocycles. The van der Waals surface area contributed by atoms with Crippen LogP contribution in [0.3, 0.4) is 0 Å². The quantitative estimate of drug-likeness (QED) is 0.345. The van der Waals surface area contributed by atoms with E-state index in [4.69, 9.17) is 14.0 Å². The minimum atomic E-state index is -4.83. The van der Waals surface area contributed by atoms with Gasteiger partial charge in [-0.3, -0.25) is 0 Å². The molecule has 2 bridgehead atoms. The van der Waals surface area contributed by atoms with E-state index in [1.54, 1.807) is 12.1 Å². The lowest BCUT2D eigenvalue weighted by Gasteiger charge is -2.38. The van der Waals surface area contributed by atoms with Gasteiger partial charge in [-0.05, 0) is 50.7 Å². The van der Waals surface area contributed by atoms with E-state index in [9.17, 15) is 18.0 Å². The molecular formula is C27H27F3N4O5. The van der Waals surface area contributed by atoms with Gasteiger partial charge in [-0.25, -0.2) is 14.8 Å². The Labute approximate surface area is 222 Å². The molecule has 1 aliphatic carbocycles. The number of hydrogen-bond donors (Lipinski definition) is 0. The number of esters is 1. The van der Waals surface area contributed by atoms with Crippen LogP contribution in [0.5, 0.6) is 5.75 Å². The van der Waals surface area contributed by atoms with Gasteiger partial charge in [-0.2, -0.15) is 0 Å². The summed E-state index contributed by atoms with van der Waals surface area (Å²) >= 11 is 0. The Morgan fingerprint density at radius 2 is 1.77 bits per heavy atom. The Morgan fingerprint density at radius 1 is 1.08 bits per heavy atom. The maximum atomic E-state index is 13.1. The Kier molecular flexibility index (Phi) is 6.66. The highest BCUT2D eigenvalue weighted by molar-refractivity contribution is 5.88. The number of rotatable bonds is 8. The van der Waals surface area contributed by atoms with Crippen LogP contribution in [0.15, 0.2) is 41.2 Å². The summed E-state index contributed by atoms with van der Waals surface area (Å²) in [4.78, 5) is 22.7. The largest absolute Gasteiger partial charge is 0.573 e. The zero-order valence-electron chi connectivity index (χ0n) is 21.2. The molecule has 3 fully saturated rings. The number of benzene rings is 1. The number of carbonyl (C=O) groups is 1. The molecule has 0 radical (unpaired) electrons. The number of hydrogen-bond acceptors (Lipinski definition) is 9. The average molecular weight is 545 g/mol. The number of methoxy groups -OCH3 is 1. The molecule has 1 saturated carbocycles. The van der Waals surface area contributed by atoms with Crippen LogP contribution < -0.4 is 9.64 Å². The zero-order chi connectivity index (χ0) is 27.1. The Hall–Kier alpha value is -3.67. The van der Waals surface area contributed by atoms with E-state index in [0.29, 0.717) is 28.5 Å². The maximum Gasteiger partial charge on any atom is 0.573 e. The molecule has 6 rings (SSSR count). The molecule has 206 valence electrons. The molecule has 4 heterocycles. The standard InChI is InChI=1S/C27H27F3N4O5/c1-36-25(35)16-12-31-26(32-13-16)34-17-8-9-18(34)11-19(10-17)37-14-21-23(33-39-24(21)15-6-7-15)20-4-2-3-5-22(20)38-27(28,29)30/h2-5,12-13,15,17-19H,6-11,14H2,1H3/t17-,18+,19+. The summed E-state index contributed by atoms with van der Waals surface area (Å²) in [5.41, 5.74) is 1.50. The SMILES string of the molecule is COC(=O)c1cnc(N2[C@@H]3CC[C@H]2C[C@@H](OCc2c(-c4ccccc4OC(F)(F)F)noc2C2CC2)C3)nc1. The minimum Gasteiger partial charge on any atom is -0.465 e. The third-order valence-corrected chi connectivity index (χ3v) is 7.58. The number of fused-ring (bicyclic) bond motifs is 2. The lowest BCUT2D eigenvalue weighted by atomic mass is 9.99. The Balaban J connectivity index is 1.18. The van der Waals surface area contributed by atoms with Crippen molar-refractivity contribution in [1.82, 2.24) is 15.1 Å². The summed E-state index contributed by atoms with van der Waals surface area (Å²) in [6.45, 7) is 0.180. The van der Waals surface area contributed by atoms with Crippen molar-refractivity contribution in [1.29, 1.82) is 0 Å². The predicted octanol–water partition coefficient (Wildman–Crippen LogP) is 5.41. The molecule has 9 nitrogen and oxygen atoms in total. The monoisotopic (exact) mass is 544 g/mol. The van der Waals surface area contributed by atoms with Gasteiger partial charge in [0.2, 0.25) is 5.95 Å². The summed E-state index contributed by atoms with van der Waals surface area (Å²) in [5, 5.41) is 4.16. The molecule has 0 spiro atoms. The molecule has 12 heteroatoms. The van der Waals surface area contributed by atoms with E-state index in [0.717, 1.165) is 38.5 Å². The third-order valence-electron chi connectivity index (χ3n) is 7.58. The highest BCUT2D eigenvalue weighted by atomic mass is 19.4. The lowest BCUT2D eigenvalue weighted by Crippen LogP contribution is -2.46. The van der Waals surface area contributed by atoms with Crippen molar-refractivity contribution in [3.63, 3.8) is 0 Å². The van der Waals surface area contributed by atoms with E-state index in [-0.39, 0.29) is 42.0 Å².